The van der Waals surface area contributed by atoms with Gasteiger partial charge in [0.15, 0.2) is 5.78 Å². The summed E-state index contributed by atoms with van der Waals surface area (Å²) in [6, 6.07) is 9.65. The Morgan fingerprint density at radius 2 is 1.94 bits per heavy atom. The standard InChI is InChI=1S/C14H21NO2/c1-12(2)15(9-6-10-16)11-14(17)13-7-4-3-5-8-13/h3-5,7-8,12,16H,6,9-11H2,1-2H3. The molecule has 3 heteroatoms. The molecule has 0 bridgehead atoms. The fourth-order valence-electron chi connectivity index (χ4n) is 1.69. The topological polar surface area (TPSA) is 40.5 Å². The molecule has 1 N–H and O–H groups in total. The summed E-state index contributed by atoms with van der Waals surface area (Å²) >= 11 is 0. The van der Waals surface area contributed by atoms with Crippen LogP contribution in [0.4, 0.5) is 0 Å². The zero-order valence-electron chi connectivity index (χ0n) is 10.6. The smallest absolute Gasteiger partial charge is 0.176 e. The minimum Gasteiger partial charge on any atom is -0.396 e. The van der Waals surface area contributed by atoms with E-state index in [1.807, 2.05) is 30.3 Å². The van der Waals surface area contributed by atoms with Gasteiger partial charge in [-0.15, -0.1) is 0 Å². The van der Waals surface area contributed by atoms with Crippen molar-refractivity contribution in [3.05, 3.63) is 35.9 Å². The number of ketones is 1. The molecule has 94 valence electrons. The van der Waals surface area contributed by atoms with Crippen LogP contribution in [0.15, 0.2) is 30.3 Å². The zero-order valence-corrected chi connectivity index (χ0v) is 10.6. The van der Waals surface area contributed by atoms with Crippen LogP contribution in [0.3, 0.4) is 0 Å². The van der Waals surface area contributed by atoms with Crippen LogP contribution in [-0.2, 0) is 0 Å². The first-order chi connectivity index (χ1) is 8.15. The normalized spacial score (nSPS) is 11.1. The van der Waals surface area contributed by atoms with Crippen LogP contribution >= 0.6 is 0 Å². The molecule has 1 rings (SSSR count). The molecule has 0 saturated carbocycles. The van der Waals surface area contributed by atoms with Crippen molar-refractivity contribution in [2.75, 3.05) is 19.7 Å². The Labute approximate surface area is 103 Å². The maximum atomic E-state index is 12.0. The molecule has 0 aliphatic carbocycles. The fraction of sp³-hybridized carbons (Fsp3) is 0.500. The van der Waals surface area contributed by atoms with Crippen molar-refractivity contribution in [2.24, 2.45) is 0 Å². The number of rotatable bonds is 7. The molecule has 1 aromatic rings. The van der Waals surface area contributed by atoms with E-state index in [0.717, 1.165) is 12.1 Å². The van der Waals surface area contributed by atoms with Crippen molar-refractivity contribution in [1.29, 1.82) is 0 Å². The van der Waals surface area contributed by atoms with Gasteiger partial charge in [-0.1, -0.05) is 30.3 Å². The van der Waals surface area contributed by atoms with E-state index in [0.29, 0.717) is 19.0 Å². The van der Waals surface area contributed by atoms with Crippen LogP contribution in [0.1, 0.15) is 30.6 Å². The van der Waals surface area contributed by atoms with Crippen LogP contribution in [-0.4, -0.2) is 41.5 Å². The molecule has 0 fully saturated rings. The predicted octanol–water partition coefficient (Wildman–Crippen LogP) is 1.96. The minimum atomic E-state index is 0.136. The number of benzene rings is 1. The highest BCUT2D eigenvalue weighted by atomic mass is 16.3. The second-order valence-electron chi connectivity index (χ2n) is 4.43. The van der Waals surface area contributed by atoms with Crippen LogP contribution in [0.2, 0.25) is 0 Å². The molecule has 0 aromatic heterocycles. The van der Waals surface area contributed by atoms with Crippen LogP contribution < -0.4 is 0 Å². The molecule has 0 amide bonds. The lowest BCUT2D eigenvalue weighted by atomic mass is 10.1. The summed E-state index contributed by atoms with van der Waals surface area (Å²) in [7, 11) is 0. The lowest BCUT2D eigenvalue weighted by Crippen LogP contribution is -2.36. The van der Waals surface area contributed by atoms with Crippen LogP contribution in [0, 0.1) is 0 Å². The summed E-state index contributed by atoms with van der Waals surface area (Å²) in [5, 5.41) is 8.84. The van der Waals surface area contributed by atoms with Gasteiger partial charge in [-0.25, -0.2) is 0 Å². The summed E-state index contributed by atoms with van der Waals surface area (Å²) in [4.78, 5) is 14.1. The second kappa shape index (κ2) is 7.20. The van der Waals surface area contributed by atoms with Gasteiger partial charge < -0.3 is 5.11 Å². The SMILES string of the molecule is CC(C)N(CCCO)CC(=O)c1ccccc1. The van der Waals surface area contributed by atoms with Crippen molar-refractivity contribution in [2.45, 2.75) is 26.3 Å². The first kappa shape index (κ1) is 13.9. The molecule has 0 spiro atoms. The maximum Gasteiger partial charge on any atom is 0.176 e. The fourth-order valence-corrected chi connectivity index (χ4v) is 1.69. The van der Waals surface area contributed by atoms with E-state index in [1.54, 1.807) is 0 Å². The molecular weight excluding hydrogens is 214 g/mol. The third-order valence-corrected chi connectivity index (χ3v) is 2.78. The van der Waals surface area contributed by atoms with E-state index in [9.17, 15) is 4.79 Å². The number of hydrogen-bond acceptors (Lipinski definition) is 3. The van der Waals surface area contributed by atoms with Crippen molar-refractivity contribution in [3.63, 3.8) is 0 Å². The number of carbonyl (C=O) groups is 1. The van der Waals surface area contributed by atoms with E-state index in [2.05, 4.69) is 18.7 Å². The van der Waals surface area contributed by atoms with Crippen LogP contribution in [0.5, 0.6) is 0 Å². The van der Waals surface area contributed by atoms with E-state index in [-0.39, 0.29) is 12.4 Å². The lowest BCUT2D eigenvalue weighted by molar-refractivity contribution is 0.0896. The van der Waals surface area contributed by atoms with Gasteiger partial charge in [0.1, 0.15) is 0 Å². The number of aliphatic hydroxyl groups excluding tert-OH is 1. The molecule has 0 radical (unpaired) electrons. The molecule has 0 atom stereocenters. The Morgan fingerprint density at radius 3 is 2.47 bits per heavy atom. The number of hydrogen-bond donors (Lipinski definition) is 1. The van der Waals surface area contributed by atoms with E-state index in [4.69, 9.17) is 5.11 Å². The first-order valence-electron chi connectivity index (χ1n) is 6.08. The quantitative estimate of drug-likeness (QED) is 0.734. The Morgan fingerprint density at radius 1 is 1.29 bits per heavy atom. The first-order valence-corrected chi connectivity index (χ1v) is 6.08. The highest BCUT2D eigenvalue weighted by Crippen LogP contribution is 2.05. The molecule has 0 unspecified atom stereocenters. The monoisotopic (exact) mass is 235 g/mol. The largest absolute Gasteiger partial charge is 0.396 e. The highest BCUT2D eigenvalue weighted by Gasteiger charge is 2.14. The molecule has 0 aliphatic heterocycles. The van der Waals surface area contributed by atoms with Gasteiger partial charge >= 0.3 is 0 Å². The molecule has 17 heavy (non-hydrogen) atoms. The second-order valence-corrected chi connectivity index (χ2v) is 4.43. The molecule has 1 aromatic carbocycles. The number of aliphatic hydroxyl groups is 1. The van der Waals surface area contributed by atoms with Gasteiger partial charge in [0.2, 0.25) is 0 Å². The minimum absolute atomic E-state index is 0.136. The van der Waals surface area contributed by atoms with Crippen molar-refractivity contribution in [1.82, 2.24) is 4.90 Å². The van der Waals surface area contributed by atoms with Crippen molar-refractivity contribution < 1.29 is 9.90 Å². The summed E-state index contributed by atoms with van der Waals surface area (Å²) in [5.74, 6) is 0.136. The van der Waals surface area contributed by atoms with Gasteiger partial charge in [-0.3, -0.25) is 9.69 Å². The Hall–Kier alpha value is -1.19. The lowest BCUT2D eigenvalue weighted by Gasteiger charge is -2.25. The zero-order chi connectivity index (χ0) is 12.7. The van der Waals surface area contributed by atoms with Crippen molar-refractivity contribution >= 4 is 5.78 Å². The van der Waals surface area contributed by atoms with E-state index in [1.165, 1.54) is 0 Å². The average molecular weight is 235 g/mol. The molecular formula is C14H21NO2. The Balaban J connectivity index is 2.58. The average Bonchev–Trinajstić information content (AvgIpc) is 2.35. The van der Waals surface area contributed by atoms with Gasteiger partial charge in [0.25, 0.3) is 0 Å². The van der Waals surface area contributed by atoms with Gasteiger partial charge in [0, 0.05) is 24.8 Å². The van der Waals surface area contributed by atoms with E-state index >= 15 is 0 Å². The van der Waals surface area contributed by atoms with Crippen LogP contribution in [0.25, 0.3) is 0 Å². The Bertz CT molecular complexity index is 335. The summed E-state index contributed by atoms with van der Waals surface area (Å²) in [6.07, 6.45) is 0.709. The molecule has 3 nitrogen and oxygen atoms in total. The predicted molar refractivity (Wildman–Crippen MR) is 69.2 cm³/mol. The molecule has 0 saturated heterocycles. The summed E-state index contributed by atoms with van der Waals surface area (Å²) in [6.45, 7) is 5.47. The summed E-state index contributed by atoms with van der Waals surface area (Å²) < 4.78 is 0. The van der Waals surface area contributed by atoms with Gasteiger partial charge in [0.05, 0.1) is 6.54 Å². The summed E-state index contributed by atoms with van der Waals surface area (Å²) in [5.41, 5.74) is 0.752. The molecule has 0 heterocycles. The number of Topliss-reactive ketones (excluding diaryl/α,β-unsaturated/α-hetero) is 1. The third-order valence-electron chi connectivity index (χ3n) is 2.78. The van der Waals surface area contributed by atoms with Gasteiger partial charge in [-0.2, -0.15) is 0 Å². The maximum absolute atomic E-state index is 12.0. The number of nitrogens with zero attached hydrogens (tertiary/aromatic N) is 1. The molecule has 0 aliphatic rings. The number of carbonyl (C=O) groups excluding carboxylic acids is 1. The third kappa shape index (κ3) is 4.67. The van der Waals surface area contributed by atoms with E-state index < -0.39 is 0 Å². The Kier molecular flexibility index (Phi) is 5.87. The highest BCUT2D eigenvalue weighted by molar-refractivity contribution is 5.97. The van der Waals surface area contributed by atoms with Gasteiger partial charge in [-0.05, 0) is 20.3 Å². The van der Waals surface area contributed by atoms with Crippen molar-refractivity contribution in [3.8, 4) is 0 Å².